The third-order valence-electron chi connectivity index (χ3n) is 5.95. The molecule has 0 aliphatic heterocycles. The third kappa shape index (κ3) is 2.99. The molecular weight excluding hydrogens is 381 g/mol. The predicted molar refractivity (Wildman–Crippen MR) is 106 cm³/mol. The van der Waals surface area contributed by atoms with Crippen molar-refractivity contribution in [3.63, 3.8) is 0 Å². The summed E-state index contributed by atoms with van der Waals surface area (Å²) in [6.07, 6.45) is 11.1. The molecule has 3 aliphatic carbocycles. The summed E-state index contributed by atoms with van der Waals surface area (Å²) in [7, 11) is 0. The number of anilines is 1. The first-order chi connectivity index (χ1) is 11.2. The number of aromatic nitrogens is 3. The van der Waals surface area contributed by atoms with E-state index in [-0.39, 0.29) is 24.8 Å². The Morgan fingerprint density at radius 2 is 2.04 bits per heavy atom. The maximum atomic E-state index is 6.35. The van der Waals surface area contributed by atoms with Crippen molar-refractivity contribution in [1.82, 2.24) is 14.6 Å². The van der Waals surface area contributed by atoms with Crippen LogP contribution >= 0.6 is 36.4 Å². The van der Waals surface area contributed by atoms with Gasteiger partial charge in [0.25, 0.3) is 0 Å². The SMILES string of the molecule is Cl.Cl.N[C@H]1CC[C@H](Nc2c3c(nc4c(Cl)cnn24)C2(CCC3)CC2)C1. The summed E-state index contributed by atoms with van der Waals surface area (Å²) in [6, 6.07) is 0.747. The Bertz CT molecular complexity index is 786. The predicted octanol–water partition coefficient (Wildman–Crippen LogP) is 3.89. The molecule has 138 valence electrons. The van der Waals surface area contributed by atoms with E-state index in [2.05, 4.69) is 10.4 Å². The average molecular weight is 405 g/mol. The minimum absolute atomic E-state index is 0. The first kappa shape index (κ1) is 19.0. The molecule has 2 aromatic heterocycles. The normalized spacial score (nSPS) is 26.0. The topological polar surface area (TPSA) is 68.2 Å². The van der Waals surface area contributed by atoms with Gasteiger partial charge in [-0.15, -0.1) is 24.8 Å². The molecule has 2 aromatic rings. The fraction of sp³-hybridized carbons (Fsp3) is 0.647. The Balaban J connectivity index is 0.000000911. The van der Waals surface area contributed by atoms with Gasteiger partial charge in [-0.1, -0.05) is 11.6 Å². The number of hydrogen-bond acceptors (Lipinski definition) is 4. The molecule has 0 saturated heterocycles. The lowest BCUT2D eigenvalue weighted by atomic mass is 9.84. The Morgan fingerprint density at radius 3 is 2.72 bits per heavy atom. The van der Waals surface area contributed by atoms with E-state index in [1.807, 2.05) is 4.52 Å². The maximum Gasteiger partial charge on any atom is 0.176 e. The molecule has 0 bridgehead atoms. The molecule has 0 unspecified atom stereocenters. The van der Waals surface area contributed by atoms with Crippen molar-refractivity contribution in [3.05, 3.63) is 22.5 Å². The minimum Gasteiger partial charge on any atom is -0.367 e. The standard InChI is InChI=1S/C17H22ClN5.2ClH/c18-13-9-20-23-15(21-11-4-3-10(19)8-11)12-2-1-5-17(6-7-17)14(12)22-16(13)23;;/h9-11,21H,1-8,19H2;2*1H/t10-,11-;;/m0../s1. The van der Waals surface area contributed by atoms with Crippen molar-refractivity contribution in [3.8, 4) is 0 Å². The van der Waals surface area contributed by atoms with Gasteiger partial charge in [0, 0.05) is 23.1 Å². The molecule has 5 rings (SSSR count). The molecule has 2 atom stereocenters. The summed E-state index contributed by atoms with van der Waals surface area (Å²) in [6.45, 7) is 0. The van der Waals surface area contributed by atoms with Gasteiger partial charge in [0.1, 0.15) is 10.8 Å². The number of fused-ring (bicyclic) bond motifs is 3. The van der Waals surface area contributed by atoms with Gasteiger partial charge in [0.2, 0.25) is 0 Å². The van der Waals surface area contributed by atoms with Crippen LogP contribution in [0.5, 0.6) is 0 Å². The van der Waals surface area contributed by atoms with Crippen LogP contribution < -0.4 is 11.1 Å². The smallest absolute Gasteiger partial charge is 0.176 e. The van der Waals surface area contributed by atoms with Crippen LogP contribution in [-0.2, 0) is 11.8 Å². The summed E-state index contributed by atoms with van der Waals surface area (Å²) in [4.78, 5) is 4.94. The highest BCUT2D eigenvalue weighted by molar-refractivity contribution is 6.33. The van der Waals surface area contributed by atoms with E-state index in [0.717, 1.165) is 37.1 Å². The van der Waals surface area contributed by atoms with E-state index in [1.165, 1.54) is 36.9 Å². The Kier molecular flexibility index (Phi) is 5.15. The Labute approximate surface area is 164 Å². The van der Waals surface area contributed by atoms with Crippen molar-refractivity contribution < 1.29 is 0 Å². The van der Waals surface area contributed by atoms with Crippen molar-refractivity contribution in [2.24, 2.45) is 5.73 Å². The molecule has 2 heterocycles. The lowest BCUT2D eigenvalue weighted by Crippen LogP contribution is -2.26. The van der Waals surface area contributed by atoms with Gasteiger partial charge < -0.3 is 11.1 Å². The molecule has 0 aromatic carbocycles. The van der Waals surface area contributed by atoms with Crippen LogP contribution in [-0.4, -0.2) is 26.7 Å². The highest BCUT2D eigenvalue weighted by Crippen LogP contribution is 2.55. The molecule has 3 N–H and O–H groups in total. The van der Waals surface area contributed by atoms with Crippen LogP contribution in [0.25, 0.3) is 5.65 Å². The van der Waals surface area contributed by atoms with Crippen molar-refractivity contribution >= 4 is 47.9 Å². The van der Waals surface area contributed by atoms with Gasteiger partial charge in [-0.05, 0) is 51.4 Å². The number of nitrogens with zero attached hydrogens (tertiary/aromatic N) is 3. The van der Waals surface area contributed by atoms with E-state index in [4.69, 9.17) is 22.3 Å². The summed E-state index contributed by atoms with van der Waals surface area (Å²) < 4.78 is 1.91. The van der Waals surface area contributed by atoms with Crippen LogP contribution in [0.2, 0.25) is 5.02 Å². The summed E-state index contributed by atoms with van der Waals surface area (Å²) in [5.41, 5.74) is 9.85. The Hall–Kier alpha value is -0.750. The van der Waals surface area contributed by atoms with Gasteiger partial charge in [-0.2, -0.15) is 9.61 Å². The number of nitrogens with two attached hydrogens (primary N) is 1. The second-order valence-corrected chi connectivity index (χ2v) is 7.97. The molecular formula is C17H24Cl3N5. The number of nitrogens with one attached hydrogen (secondary N) is 1. The molecule has 8 heteroatoms. The van der Waals surface area contributed by atoms with Gasteiger partial charge in [-0.25, -0.2) is 4.98 Å². The van der Waals surface area contributed by atoms with E-state index < -0.39 is 0 Å². The number of rotatable bonds is 2. The molecule has 25 heavy (non-hydrogen) atoms. The van der Waals surface area contributed by atoms with E-state index >= 15 is 0 Å². The van der Waals surface area contributed by atoms with Crippen LogP contribution in [0.15, 0.2) is 6.20 Å². The first-order valence-corrected chi connectivity index (χ1v) is 9.13. The second kappa shape index (κ2) is 6.76. The maximum absolute atomic E-state index is 6.35. The zero-order valence-corrected chi connectivity index (χ0v) is 16.4. The summed E-state index contributed by atoms with van der Waals surface area (Å²) in [5.74, 6) is 1.11. The third-order valence-corrected chi connectivity index (χ3v) is 6.22. The van der Waals surface area contributed by atoms with E-state index in [1.54, 1.807) is 6.20 Å². The van der Waals surface area contributed by atoms with Crippen molar-refractivity contribution in [2.45, 2.75) is 68.9 Å². The van der Waals surface area contributed by atoms with Gasteiger partial charge in [0.05, 0.1) is 11.9 Å². The van der Waals surface area contributed by atoms with Crippen molar-refractivity contribution in [1.29, 1.82) is 0 Å². The second-order valence-electron chi connectivity index (χ2n) is 7.56. The average Bonchev–Trinajstić information content (AvgIpc) is 3.03. The van der Waals surface area contributed by atoms with E-state index in [9.17, 15) is 0 Å². The monoisotopic (exact) mass is 403 g/mol. The lowest BCUT2D eigenvalue weighted by Gasteiger charge is -2.28. The molecule has 0 amide bonds. The van der Waals surface area contributed by atoms with Crippen LogP contribution in [0.3, 0.4) is 0 Å². The highest BCUT2D eigenvalue weighted by Gasteiger charge is 2.49. The largest absolute Gasteiger partial charge is 0.367 e. The zero-order valence-electron chi connectivity index (χ0n) is 14.0. The quantitative estimate of drug-likeness (QED) is 0.797. The number of hydrogen-bond donors (Lipinski definition) is 2. The molecule has 3 aliphatic rings. The zero-order chi connectivity index (χ0) is 15.6. The highest BCUT2D eigenvalue weighted by atomic mass is 35.5. The first-order valence-electron chi connectivity index (χ1n) is 8.75. The minimum atomic E-state index is 0. The van der Waals surface area contributed by atoms with E-state index in [0.29, 0.717) is 22.5 Å². The molecule has 2 fully saturated rings. The molecule has 2 saturated carbocycles. The van der Waals surface area contributed by atoms with Crippen LogP contribution in [0.4, 0.5) is 5.82 Å². The van der Waals surface area contributed by atoms with Gasteiger partial charge >= 0.3 is 0 Å². The van der Waals surface area contributed by atoms with Crippen molar-refractivity contribution in [2.75, 3.05) is 5.32 Å². The van der Waals surface area contributed by atoms with Gasteiger partial charge in [-0.3, -0.25) is 0 Å². The summed E-state index contributed by atoms with van der Waals surface area (Å²) in [5, 5.41) is 8.87. The molecule has 5 nitrogen and oxygen atoms in total. The van der Waals surface area contributed by atoms with Gasteiger partial charge in [0.15, 0.2) is 5.65 Å². The fourth-order valence-corrected chi connectivity index (χ4v) is 4.69. The Morgan fingerprint density at radius 1 is 1.24 bits per heavy atom. The lowest BCUT2D eigenvalue weighted by molar-refractivity contribution is 0.523. The van der Waals surface area contributed by atoms with Crippen LogP contribution in [0, 0.1) is 0 Å². The number of halogens is 3. The van der Waals surface area contributed by atoms with Crippen LogP contribution in [0.1, 0.15) is 56.2 Å². The summed E-state index contributed by atoms with van der Waals surface area (Å²) >= 11 is 6.35. The molecule has 1 spiro atoms. The molecule has 0 radical (unpaired) electrons. The fourth-order valence-electron chi connectivity index (χ4n) is 4.52.